The number of amides is 1. The van der Waals surface area contributed by atoms with Gasteiger partial charge in [0.1, 0.15) is 0 Å². The molecule has 0 atom stereocenters. The van der Waals surface area contributed by atoms with Crippen molar-refractivity contribution in [2.24, 2.45) is 0 Å². The van der Waals surface area contributed by atoms with Crippen molar-refractivity contribution in [2.75, 3.05) is 20.1 Å². The summed E-state index contributed by atoms with van der Waals surface area (Å²) < 4.78 is 0. The third kappa shape index (κ3) is 2.43. The van der Waals surface area contributed by atoms with Crippen molar-refractivity contribution >= 4 is 17.2 Å². The molecule has 0 spiro atoms. The Morgan fingerprint density at radius 1 is 1.37 bits per heavy atom. The maximum Gasteiger partial charge on any atom is 0.263 e. The van der Waals surface area contributed by atoms with Gasteiger partial charge in [-0.1, -0.05) is 0 Å². The van der Waals surface area contributed by atoms with Crippen LogP contribution in [0.15, 0.2) is 6.07 Å². The monoisotopic (exact) mass is 278 g/mol. The Labute approximate surface area is 119 Å². The zero-order chi connectivity index (χ0) is 13.5. The number of carbonyl (C=O) groups excluding carboxylic acids is 1. The summed E-state index contributed by atoms with van der Waals surface area (Å²) in [4.78, 5) is 16.9. The van der Waals surface area contributed by atoms with E-state index in [-0.39, 0.29) is 11.4 Å². The van der Waals surface area contributed by atoms with Crippen molar-refractivity contribution in [2.45, 2.75) is 44.6 Å². The van der Waals surface area contributed by atoms with Crippen LogP contribution >= 0.6 is 11.3 Å². The molecule has 1 aromatic rings. The van der Waals surface area contributed by atoms with Crippen molar-refractivity contribution in [3.8, 4) is 0 Å². The Morgan fingerprint density at radius 3 is 2.74 bits per heavy atom. The van der Waals surface area contributed by atoms with Crippen LogP contribution in [0, 0.1) is 0 Å². The Kier molecular flexibility index (Phi) is 3.39. The van der Waals surface area contributed by atoms with Crippen LogP contribution in [0.4, 0.5) is 0 Å². The van der Waals surface area contributed by atoms with E-state index in [1.807, 2.05) is 11.9 Å². The molecule has 0 radical (unpaired) electrons. The van der Waals surface area contributed by atoms with E-state index in [0.29, 0.717) is 0 Å². The van der Waals surface area contributed by atoms with Gasteiger partial charge in [-0.15, -0.1) is 11.3 Å². The average Bonchev–Trinajstić information content (AvgIpc) is 2.99. The number of fused-ring (bicyclic) bond motifs is 1. The normalized spacial score (nSPS) is 21.5. The van der Waals surface area contributed by atoms with Gasteiger partial charge < -0.3 is 10.2 Å². The fraction of sp³-hybridized carbons (Fsp3) is 0.667. The fourth-order valence-electron chi connectivity index (χ4n) is 3.04. The Bertz CT molecular complexity index is 465. The average molecular weight is 278 g/mol. The Hall–Kier alpha value is -0.870. The molecule has 3 rings (SSSR count). The van der Waals surface area contributed by atoms with Gasteiger partial charge in [0.05, 0.1) is 4.88 Å². The Morgan fingerprint density at radius 2 is 2.11 bits per heavy atom. The van der Waals surface area contributed by atoms with E-state index in [1.54, 1.807) is 11.3 Å². The van der Waals surface area contributed by atoms with Gasteiger partial charge in [0, 0.05) is 23.5 Å². The van der Waals surface area contributed by atoms with E-state index in [0.717, 1.165) is 37.2 Å². The van der Waals surface area contributed by atoms with Crippen LogP contribution in [0.5, 0.6) is 0 Å². The number of aryl methyl sites for hydroxylation is 2. The highest BCUT2D eigenvalue weighted by Crippen LogP contribution is 2.32. The van der Waals surface area contributed by atoms with Gasteiger partial charge in [-0.3, -0.25) is 4.79 Å². The minimum atomic E-state index is 0.202. The molecule has 1 aliphatic heterocycles. The standard InChI is InChI=1S/C15H22N2OS/c1-15(16-2)6-8-17(9-7-15)14(18)13-10-11-4-3-5-12(11)19-13/h10,16H,3-9H2,1-2H3. The molecular formula is C15H22N2OS. The van der Waals surface area contributed by atoms with E-state index < -0.39 is 0 Å². The molecule has 19 heavy (non-hydrogen) atoms. The molecule has 4 heteroatoms. The van der Waals surface area contributed by atoms with Crippen molar-refractivity contribution in [1.29, 1.82) is 0 Å². The van der Waals surface area contributed by atoms with Gasteiger partial charge >= 0.3 is 0 Å². The molecule has 0 aromatic carbocycles. The zero-order valence-electron chi connectivity index (χ0n) is 11.8. The van der Waals surface area contributed by atoms with E-state index in [9.17, 15) is 4.79 Å². The van der Waals surface area contributed by atoms with Crippen molar-refractivity contribution in [3.05, 3.63) is 21.4 Å². The summed E-state index contributed by atoms with van der Waals surface area (Å²) in [5.41, 5.74) is 1.62. The van der Waals surface area contributed by atoms with E-state index in [1.165, 1.54) is 23.3 Å². The number of nitrogens with one attached hydrogen (secondary N) is 1. The summed E-state index contributed by atoms with van der Waals surface area (Å²) in [6.45, 7) is 3.99. The van der Waals surface area contributed by atoms with Crippen LogP contribution in [0.2, 0.25) is 0 Å². The molecule has 1 aromatic heterocycles. The molecule has 1 N–H and O–H groups in total. The molecular weight excluding hydrogens is 256 g/mol. The van der Waals surface area contributed by atoms with Crippen LogP contribution in [0.25, 0.3) is 0 Å². The number of thiophene rings is 1. The van der Waals surface area contributed by atoms with Crippen LogP contribution in [0.3, 0.4) is 0 Å². The van der Waals surface area contributed by atoms with Gasteiger partial charge in [0.15, 0.2) is 0 Å². The van der Waals surface area contributed by atoms with Crippen LogP contribution in [-0.4, -0.2) is 36.5 Å². The highest BCUT2D eigenvalue weighted by atomic mass is 32.1. The van der Waals surface area contributed by atoms with E-state index in [2.05, 4.69) is 18.3 Å². The predicted octanol–water partition coefficient (Wildman–Crippen LogP) is 2.45. The van der Waals surface area contributed by atoms with Crippen molar-refractivity contribution in [1.82, 2.24) is 10.2 Å². The Balaban J connectivity index is 1.68. The summed E-state index contributed by atoms with van der Waals surface area (Å²) in [6, 6.07) is 2.14. The molecule has 3 nitrogen and oxygen atoms in total. The lowest BCUT2D eigenvalue weighted by Crippen LogP contribution is -2.51. The molecule has 0 bridgehead atoms. The fourth-order valence-corrected chi connectivity index (χ4v) is 4.27. The van der Waals surface area contributed by atoms with Crippen LogP contribution in [-0.2, 0) is 12.8 Å². The third-order valence-corrected chi connectivity index (χ3v) is 5.94. The summed E-state index contributed by atoms with van der Waals surface area (Å²) in [6.07, 6.45) is 5.68. The van der Waals surface area contributed by atoms with Crippen molar-refractivity contribution in [3.63, 3.8) is 0 Å². The number of nitrogens with zero attached hydrogens (tertiary/aromatic N) is 1. The predicted molar refractivity (Wildman–Crippen MR) is 78.9 cm³/mol. The van der Waals surface area contributed by atoms with Gasteiger partial charge in [0.25, 0.3) is 5.91 Å². The van der Waals surface area contributed by atoms with Crippen molar-refractivity contribution < 1.29 is 4.79 Å². The number of carbonyl (C=O) groups is 1. The number of hydrogen-bond donors (Lipinski definition) is 1. The second kappa shape index (κ2) is 4.91. The highest BCUT2D eigenvalue weighted by Gasteiger charge is 2.31. The first-order valence-corrected chi connectivity index (χ1v) is 8.03. The number of hydrogen-bond acceptors (Lipinski definition) is 3. The summed E-state index contributed by atoms with van der Waals surface area (Å²) >= 11 is 1.72. The van der Waals surface area contributed by atoms with Gasteiger partial charge in [0.2, 0.25) is 0 Å². The molecule has 104 valence electrons. The lowest BCUT2D eigenvalue weighted by Gasteiger charge is -2.39. The summed E-state index contributed by atoms with van der Waals surface area (Å²) in [5, 5.41) is 3.38. The molecule has 1 saturated heterocycles. The summed E-state index contributed by atoms with van der Waals surface area (Å²) in [7, 11) is 2.02. The minimum Gasteiger partial charge on any atom is -0.338 e. The number of piperidine rings is 1. The second-order valence-electron chi connectivity index (χ2n) is 6.02. The lowest BCUT2D eigenvalue weighted by molar-refractivity contribution is 0.0666. The van der Waals surface area contributed by atoms with Gasteiger partial charge in [-0.25, -0.2) is 0 Å². The molecule has 1 aliphatic carbocycles. The van der Waals surface area contributed by atoms with Crippen LogP contribution in [0.1, 0.15) is 46.3 Å². The molecule has 0 unspecified atom stereocenters. The van der Waals surface area contributed by atoms with Crippen LogP contribution < -0.4 is 5.32 Å². The molecule has 0 saturated carbocycles. The number of rotatable bonds is 2. The SMILES string of the molecule is CNC1(C)CCN(C(=O)c2cc3c(s2)CCC3)CC1. The smallest absolute Gasteiger partial charge is 0.263 e. The lowest BCUT2D eigenvalue weighted by atomic mass is 9.90. The van der Waals surface area contributed by atoms with E-state index >= 15 is 0 Å². The third-order valence-electron chi connectivity index (χ3n) is 4.72. The quantitative estimate of drug-likeness (QED) is 0.901. The van der Waals surface area contributed by atoms with Gasteiger partial charge in [-0.05, 0) is 57.7 Å². The molecule has 2 aliphatic rings. The molecule has 1 amide bonds. The summed E-state index contributed by atoms with van der Waals surface area (Å²) in [5.74, 6) is 0.248. The molecule has 2 heterocycles. The first kappa shape index (κ1) is 13.1. The second-order valence-corrected chi connectivity index (χ2v) is 7.15. The largest absolute Gasteiger partial charge is 0.338 e. The highest BCUT2D eigenvalue weighted by molar-refractivity contribution is 7.14. The van der Waals surface area contributed by atoms with Gasteiger partial charge in [-0.2, -0.15) is 0 Å². The first-order chi connectivity index (χ1) is 9.11. The maximum absolute atomic E-state index is 12.5. The topological polar surface area (TPSA) is 32.3 Å². The minimum absolute atomic E-state index is 0.202. The zero-order valence-corrected chi connectivity index (χ0v) is 12.6. The maximum atomic E-state index is 12.5. The first-order valence-electron chi connectivity index (χ1n) is 7.21. The van der Waals surface area contributed by atoms with E-state index in [4.69, 9.17) is 0 Å². The molecule has 1 fully saturated rings. The number of likely N-dealkylation sites (tertiary alicyclic amines) is 1.